The minimum atomic E-state index is -0.748. The van der Waals surface area contributed by atoms with Crippen LogP contribution in [0.1, 0.15) is 20.8 Å². The molecule has 0 aliphatic carbocycles. The minimum Gasteiger partial charge on any atom is -0.272 e. The summed E-state index contributed by atoms with van der Waals surface area (Å²) < 4.78 is 14.7. The second kappa shape index (κ2) is 5.11. The highest BCUT2D eigenvalue weighted by molar-refractivity contribution is 7.22. The maximum Gasteiger partial charge on any atom is 0.246 e. The molecule has 0 fully saturated rings. The van der Waals surface area contributed by atoms with Crippen LogP contribution in [0.3, 0.4) is 0 Å². The summed E-state index contributed by atoms with van der Waals surface area (Å²) in [7, 11) is 0. The Hall–Kier alpha value is -0.950. The zero-order valence-electron chi connectivity index (χ0n) is 11.0. The molecule has 0 atom stereocenters. The third-order valence-electron chi connectivity index (χ3n) is 2.62. The monoisotopic (exact) mass is 335 g/mol. The molecule has 2 rings (SSSR count). The summed E-state index contributed by atoms with van der Waals surface area (Å²) >= 11 is 12.8. The summed E-state index contributed by atoms with van der Waals surface area (Å²) in [5.74, 6) is 4.67. The van der Waals surface area contributed by atoms with Gasteiger partial charge in [0.1, 0.15) is 11.2 Å². The first-order valence-electron chi connectivity index (χ1n) is 5.66. The summed E-state index contributed by atoms with van der Waals surface area (Å²) in [5.41, 5.74) is -0.481. The zero-order valence-corrected chi connectivity index (χ0v) is 13.3. The number of fused-ring (bicyclic) bond motifs is 1. The normalized spacial score (nSPS) is 11.9. The van der Waals surface area contributed by atoms with Gasteiger partial charge in [0.25, 0.3) is 0 Å². The quantitative estimate of drug-likeness (QED) is 0.487. The predicted molar refractivity (Wildman–Crippen MR) is 80.7 cm³/mol. The number of amides is 1. The number of anilines is 1. The average Bonchev–Trinajstić information content (AvgIpc) is 2.68. The van der Waals surface area contributed by atoms with Crippen molar-refractivity contribution in [2.45, 2.75) is 20.8 Å². The summed E-state index contributed by atoms with van der Waals surface area (Å²) in [6.45, 7) is 5.08. The van der Waals surface area contributed by atoms with Gasteiger partial charge in [0, 0.05) is 5.41 Å². The molecule has 0 unspecified atom stereocenters. The minimum absolute atomic E-state index is 0.0614. The molecule has 0 aliphatic rings. The van der Waals surface area contributed by atoms with Gasteiger partial charge >= 0.3 is 0 Å². The Bertz CT molecular complexity index is 696. The molecule has 4 nitrogen and oxygen atoms in total. The van der Waals surface area contributed by atoms with Gasteiger partial charge in [0.2, 0.25) is 5.91 Å². The molecular weight excluding hydrogens is 324 g/mol. The Kier molecular flexibility index (Phi) is 3.94. The van der Waals surface area contributed by atoms with E-state index in [-0.39, 0.29) is 15.2 Å². The van der Waals surface area contributed by atoms with Crippen molar-refractivity contribution in [3.8, 4) is 0 Å². The fraction of sp³-hybridized carbons (Fsp3) is 0.333. The smallest absolute Gasteiger partial charge is 0.246 e. The number of nitrogens with zero attached hydrogens (tertiary/aromatic N) is 2. The molecule has 108 valence electrons. The molecule has 0 radical (unpaired) electrons. The molecule has 0 saturated carbocycles. The first-order valence-corrected chi connectivity index (χ1v) is 7.23. The Labute approximate surface area is 129 Å². The first-order chi connectivity index (χ1) is 9.12. The van der Waals surface area contributed by atoms with Crippen LogP contribution in [0.25, 0.3) is 10.2 Å². The largest absolute Gasteiger partial charge is 0.272 e. The molecular formula is C12H12Cl2FN3OS. The molecule has 1 aromatic carbocycles. The van der Waals surface area contributed by atoms with Crippen molar-refractivity contribution in [1.82, 2.24) is 4.98 Å². The molecule has 0 saturated heterocycles. The van der Waals surface area contributed by atoms with Crippen molar-refractivity contribution in [3.63, 3.8) is 0 Å². The van der Waals surface area contributed by atoms with E-state index in [1.165, 1.54) is 0 Å². The van der Waals surface area contributed by atoms with Crippen LogP contribution in [-0.2, 0) is 4.79 Å². The van der Waals surface area contributed by atoms with E-state index < -0.39 is 17.1 Å². The van der Waals surface area contributed by atoms with Crippen LogP contribution in [0.4, 0.5) is 10.1 Å². The Morgan fingerprint density at radius 3 is 2.60 bits per heavy atom. The summed E-state index contributed by atoms with van der Waals surface area (Å²) in [4.78, 5) is 16.2. The van der Waals surface area contributed by atoms with E-state index in [4.69, 9.17) is 29.0 Å². The second-order valence-electron chi connectivity index (χ2n) is 5.26. The fourth-order valence-electron chi connectivity index (χ4n) is 1.66. The number of carbonyl (C=O) groups is 1. The lowest BCUT2D eigenvalue weighted by Gasteiger charge is -2.25. The maximum atomic E-state index is 14.2. The number of halogens is 3. The third kappa shape index (κ3) is 2.61. The Morgan fingerprint density at radius 1 is 1.45 bits per heavy atom. The van der Waals surface area contributed by atoms with Crippen molar-refractivity contribution < 1.29 is 9.18 Å². The number of hydrogen-bond donors (Lipinski definition) is 1. The van der Waals surface area contributed by atoms with Crippen LogP contribution in [-0.4, -0.2) is 10.9 Å². The zero-order chi connectivity index (χ0) is 15.2. The van der Waals surface area contributed by atoms with E-state index in [2.05, 4.69) is 4.98 Å². The van der Waals surface area contributed by atoms with Crippen molar-refractivity contribution in [2.24, 2.45) is 11.3 Å². The van der Waals surface area contributed by atoms with E-state index in [1.54, 1.807) is 20.8 Å². The number of thiazole rings is 1. The van der Waals surface area contributed by atoms with Crippen molar-refractivity contribution >= 4 is 56.3 Å². The lowest BCUT2D eigenvalue weighted by Crippen LogP contribution is -2.45. The van der Waals surface area contributed by atoms with Gasteiger partial charge < -0.3 is 0 Å². The Balaban J connectivity index is 2.68. The highest BCUT2D eigenvalue weighted by Crippen LogP contribution is 2.40. The molecule has 8 heteroatoms. The molecule has 2 aromatic rings. The first kappa shape index (κ1) is 15.4. The van der Waals surface area contributed by atoms with E-state index in [1.807, 2.05) is 0 Å². The van der Waals surface area contributed by atoms with E-state index in [0.717, 1.165) is 22.4 Å². The third-order valence-corrected chi connectivity index (χ3v) is 4.08. The fourth-order valence-corrected chi connectivity index (χ4v) is 3.11. The molecule has 0 aliphatic heterocycles. The van der Waals surface area contributed by atoms with Crippen LogP contribution in [0.15, 0.2) is 6.07 Å². The van der Waals surface area contributed by atoms with Gasteiger partial charge in [-0.15, -0.1) is 11.3 Å². The second-order valence-corrected chi connectivity index (χ2v) is 7.25. The van der Waals surface area contributed by atoms with Gasteiger partial charge in [-0.3, -0.25) is 4.79 Å². The summed E-state index contributed by atoms with van der Waals surface area (Å²) in [5, 5.41) is 0.920. The van der Waals surface area contributed by atoms with Crippen LogP contribution < -0.4 is 10.9 Å². The maximum absolute atomic E-state index is 14.2. The molecule has 1 heterocycles. The standard InChI is InChI=1S/C12H12Cl2FN3OS/c1-12(2,3)10(19)18(16)8-6(15)4-5(13)7-9(8)20-11(14)17-7/h4H,16H2,1-3H3. The Morgan fingerprint density at radius 2 is 2.05 bits per heavy atom. The number of benzene rings is 1. The van der Waals surface area contributed by atoms with Crippen LogP contribution >= 0.6 is 34.5 Å². The summed E-state index contributed by atoms with van der Waals surface area (Å²) in [6, 6.07) is 1.07. The average molecular weight is 336 g/mol. The molecule has 1 aromatic heterocycles. The molecule has 1 amide bonds. The van der Waals surface area contributed by atoms with E-state index in [0.29, 0.717) is 10.2 Å². The molecule has 0 spiro atoms. The number of hydrazine groups is 1. The lowest BCUT2D eigenvalue weighted by molar-refractivity contribution is -0.125. The van der Waals surface area contributed by atoms with Crippen molar-refractivity contribution in [3.05, 3.63) is 21.4 Å². The molecule has 2 N–H and O–H groups in total. The van der Waals surface area contributed by atoms with Gasteiger partial charge in [-0.2, -0.15) is 0 Å². The van der Waals surface area contributed by atoms with Crippen molar-refractivity contribution in [1.29, 1.82) is 0 Å². The van der Waals surface area contributed by atoms with Gasteiger partial charge in [0.15, 0.2) is 10.3 Å². The van der Waals surface area contributed by atoms with E-state index in [9.17, 15) is 9.18 Å². The van der Waals surface area contributed by atoms with Gasteiger partial charge in [-0.25, -0.2) is 20.2 Å². The molecule has 20 heavy (non-hydrogen) atoms. The summed E-state index contributed by atoms with van der Waals surface area (Å²) in [6.07, 6.45) is 0. The van der Waals surface area contributed by atoms with Gasteiger partial charge in [-0.1, -0.05) is 44.0 Å². The van der Waals surface area contributed by atoms with Crippen LogP contribution in [0.2, 0.25) is 9.49 Å². The highest BCUT2D eigenvalue weighted by atomic mass is 35.5. The number of nitrogens with two attached hydrogens (primary N) is 1. The molecule has 0 bridgehead atoms. The van der Waals surface area contributed by atoms with Gasteiger partial charge in [0.05, 0.1) is 9.72 Å². The van der Waals surface area contributed by atoms with Crippen LogP contribution in [0.5, 0.6) is 0 Å². The SMILES string of the molecule is CC(C)(C)C(=O)N(N)c1c(F)cc(Cl)c2nc(Cl)sc12. The van der Waals surface area contributed by atoms with Crippen molar-refractivity contribution in [2.75, 3.05) is 5.01 Å². The van der Waals surface area contributed by atoms with E-state index >= 15 is 0 Å². The number of hydrogen-bond acceptors (Lipinski definition) is 4. The predicted octanol–water partition coefficient (Wildman–Crippen LogP) is 4.00. The number of aromatic nitrogens is 1. The topological polar surface area (TPSA) is 59.2 Å². The number of rotatable bonds is 1. The highest BCUT2D eigenvalue weighted by Gasteiger charge is 2.30. The van der Waals surface area contributed by atoms with Crippen LogP contribution in [0, 0.1) is 11.2 Å². The van der Waals surface area contributed by atoms with Gasteiger partial charge in [-0.05, 0) is 6.07 Å². The lowest BCUT2D eigenvalue weighted by atomic mass is 9.95. The number of carbonyl (C=O) groups excluding carboxylic acids is 1.